The van der Waals surface area contributed by atoms with Gasteiger partial charge in [-0.2, -0.15) is 0 Å². The number of carbonyl (C=O) groups excluding carboxylic acids is 2. The molecule has 28 heavy (non-hydrogen) atoms. The van der Waals surface area contributed by atoms with E-state index in [9.17, 15) is 9.59 Å². The average molecular weight is 419 g/mol. The molecule has 0 radical (unpaired) electrons. The van der Waals surface area contributed by atoms with Crippen molar-refractivity contribution in [3.63, 3.8) is 0 Å². The third-order valence-corrected chi connectivity index (χ3v) is 5.87. The standard InChI is InChI=1S/C21H20Cl2N2O3/c1-14(26)24(18-8-6-17(23)7-9-18)12-19-13-25-20(27)10-11-21(25,28-19)15-2-4-16(22)5-3-15/h2-9,19H,10-13H2,1H3/t19-,21-/m1/s1. The van der Waals surface area contributed by atoms with E-state index in [1.165, 1.54) is 6.92 Å². The fraction of sp³-hybridized carbons (Fsp3) is 0.333. The van der Waals surface area contributed by atoms with Gasteiger partial charge in [-0.1, -0.05) is 35.3 Å². The predicted molar refractivity (Wildman–Crippen MR) is 108 cm³/mol. The minimum absolute atomic E-state index is 0.0679. The predicted octanol–water partition coefficient (Wildman–Crippen LogP) is 4.22. The summed E-state index contributed by atoms with van der Waals surface area (Å²) in [6.07, 6.45) is 0.744. The first-order valence-electron chi connectivity index (χ1n) is 9.17. The van der Waals surface area contributed by atoms with Crippen molar-refractivity contribution in [3.05, 3.63) is 64.1 Å². The molecule has 0 saturated carbocycles. The van der Waals surface area contributed by atoms with Crippen LogP contribution in [0.25, 0.3) is 0 Å². The molecule has 2 saturated heterocycles. The number of rotatable bonds is 4. The molecule has 5 nitrogen and oxygen atoms in total. The highest BCUT2D eigenvalue weighted by atomic mass is 35.5. The van der Waals surface area contributed by atoms with Gasteiger partial charge in [-0.05, 0) is 36.4 Å². The van der Waals surface area contributed by atoms with Gasteiger partial charge in [0.05, 0.1) is 19.2 Å². The first kappa shape index (κ1) is 19.2. The number of benzene rings is 2. The zero-order valence-electron chi connectivity index (χ0n) is 15.4. The second-order valence-corrected chi connectivity index (χ2v) is 8.01. The minimum Gasteiger partial charge on any atom is -0.344 e. The monoisotopic (exact) mass is 418 g/mol. The van der Waals surface area contributed by atoms with Gasteiger partial charge in [-0.25, -0.2) is 0 Å². The van der Waals surface area contributed by atoms with Gasteiger partial charge < -0.3 is 14.5 Å². The lowest BCUT2D eigenvalue weighted by molar-refractivity contribution is -0.140. The Bertz CT molecular complexity index is 901. The summed E-state index contributed by atoms with van der Waals surface area (Å²) in [6, 6.07) is 14.5. The van der Waals surface area contributed by atoms with Crippen LogP contribution in [0.2, 0.25) is 10.0 Å². The van der Waals surface area contributed by atoms with E-state index in [-0.39, 0.29) is 17.9 Å². The molecule has 2 heterocycles. The molecule has 0 bridgehead atoms. The zero-order valence-corrected chi connectivity index (χ0v) is 16.9. The van der Waals surface area contributed by atoms with Gasteiger partial charge in [-0.3, -0.25) is 9.59 Å². The molecule has 0 aromatic heterocycles. The summed E-state index contributed by atoms with van der Waals surface area (Å²) in [5.41, 5.74) is 0.875. The van der Waals surface area contributed by atoms with Gasteiger partial charge in [0.25, 0.3) is 0 Å². The molecule has 146 valence electrons. The fourth-order valence-corrected chi connectivity index (χ4v) is 4.30. The van der Waals surface area contributed by atoms with Crippen LogP contribution in [0, 0.1) is 0 Å². The molecule has 0 spiro atoms. The second-order valence-electron chi connectivity index (χ2n) is 7.14. The summed E-state index contributed by atoms with van der Waals surface area (Å²) < 4.78 is 6.44. The van der Waals surface area contributed by atoms with E-state index in [0.29, 0.717) is 36.0 Å². The summed E-state index contributed by atoms with van der Waals surface area (Å²) in [5, 5.41) is 1.24. The van der Waals surface area contributed by atoms with E-state index in [1.807, 2.05) is 12.1 Å². The Labute approximate surface area is 173 Å². The van der Waals surface area contributed by atoms with Crippen molar-refractivity contribution in [2.75, 3.05) is 18.0 Å². The number of ether oxygens (including phenoxy) is 1. The maximum atomic E-state index is 12.5. The highest BCUT2D eigenvalue weighted by Gasteiger charge is 2.54. The van der Waals surface area contributed by atoms with Crippen LogP contribution in [0.15, 0.2) is 48.5 Å². The van der Waals surface area contributed by atoms with Gasteiger partial charge in [0.1, 0.15) is 0 Å². The summed E-state index contributed by atoms with van der Waals surface area (Å²) in [5.74, 6) is -0.0248. The van der Waals surface area contributed by atoms with Gasteiger partial charge in [-0.15, -0.1) is 0 Å². The molecule has 2 fully saturated rings. The molecule has 0 N–H and O–H groups in total. The molecule has 2 atom stereocenters. The van der Waals surface area contributed by atoms with Crippen molar-refractivity contribution in [2.45, 2.75) is 31.6 Å². The summed E-state index contributed by atoms with van der Waals surface area (Å²) in [7, 11) is 0. The number of carbonyl (C=O) groups is 2. The summed E-state index contributed by atoms with van der Waals surface area (Å²) >= 11 is 12.0. The number of fused-ring (bicyclic) bond motifs is 1. The summed E-state index contributed by atoms with van der Waals surface area (Å²) in [4.78, 5) is 28.2. The fourth-order valence-electron chi connectivity index (χ4n) is 4.05. The molecule has 2 aromatic rings. The van der Waals surface area contributed by atoms with E-state index in [0.717, 1.165) is 11.3 Å². The Morgan fingerprint density at radius 1 is 1.14 bits per heavy atom. The second kappa shape index (κ2) is 7.39. The lowest BCUT2D eigenvalue weighted by Gasteiger charge is -2.31. The maximum Gasteiger partial charge on any atom is 0.225 e. The molecule has 0 aliphatic carbocycles. The molecule has 4 rings (SSSR count). The third-order valence-electron chi connectivity index (χ3n) is 5.36. The SMILES string of the molecule is CC(=O)N(C[C@@H]1CN2C(=O)CC[C@]2(c2ccc(Cl)cc2)O1)c1ccc(Cl)cc1. The minimum atomic E-state index is -0.783. The van der Waals surface area contributed by atoms with Crippen LogP contribution in [0.1, 0.15) is 25.3 Å². The molecule has 2 aliphatic rings. The molecule has 2 aromatic carbocycles. The number of amides is 2. The van der Waals surface area contributed by atoms with Crippen LogP contribution in [0.4, 0.5) is 5.69 Å². The van der Waals surface area contributed by atoms with Crippen molar-refractivity contribution in [1.29, 1.82) is 0 Å². The highest BCUT2D eigenvalue weighted by Crippen LogP contribution is 2.46. The van der Waals surface area contributed by atoms with E-state index in [4.69, 9.17) is 27.9 Å². The van der Waals surface area contributed by atoms with Crippen molar-refractivity contribution in [3.8, 4) is 0 Å². The Hall–Kier alpha value is -2.08. The third kappa shape index (κ3) is 3.39. The highest BCUT2D eigenvalue weighted by molar-refractivity contribution is 6.30. The Balaban J connectivity index is 1.60. The number of hydrogen-bond donors (Lipinski definition) is 0. The normalized spacial score (nSPS) is 23.8. The van der Waals surface area contributed by atoms with Crippen LogP contribution in [0.5, 0.6) is 0 Å². The quantitative estimate of drug-likeness (QED) is 0.746. The number of halogens is 2. The van der Waals surface area contributed by atoms with Crippen LogP contribution in [-0.4, -0.2) is 35.9 Å². The summed E-state index contributed by atoms with van der Waals surface area (Å²) in [6.45, 7) is 2.32. The average Bonchev–Trinajstić information content (AvgIpc) is 3.19. The van der Waals surface area contributed by atoms with E-state index in [2.05, 4.69) is 0 Å². The van der Waals surface area contributed by atoms with Gasteiger partial charge in [0.2, 0.25) is 11.8 Å². The van der Waals surface area contributed by atoms with Crippen molar-refractivity contribution >= 4 is 40.7 Å². The van der Waals surface area contributed by atoms with Gasteiger partial charge >= 0.3 is 0 Å². The van der Waals surface area contributed by atoms with Crippen molar-refractivity contribution in [2.24, 2.45) is 0 Å². The van der Waals surface area contributed by atoms with E-state index in [1.54, 1.807) is 46.2 Å². The first-order valence-corrected chi connectivity index (χ1v) is 9.93. The first-order chi connectivity index (χ1) is 13.4. The van der Waals surface area contributed by atoms with Crippen LogP contribution in [-0.2, 0) is 20.1 Å². The maximum absolute atomic E-state index is 12.5. The molecule has 7 heteroatoms. The Kier molecular flexibility index (Phi) is 5.08. The van der Waals surface area contributed by atoms with Crippen LogP contribution in [0.3, 0.4) is 0 Å². The van der Waals surface area contributed by atoms with Gasteiger partial charge in [0.15, 0.2) is 5.72 Å². The van der Waals surface area contributed by atoms with Crippen molar-refractivity contribution < 1.29 is 14.3 Å². The number of nitrogens with zero attached hydrogens (tertiary/aromatic N) is 2. The smallest absolute Gasteiger partial charge is 0.225 e. The Morgan fingerprint density at radius 3 is 2.36 bits per heavy atom. The van der Waals surface area contributed by atoms with Crippen LogP contribution >= 0.6 is 23.2 Å². The lowest BCUT2D eigenvalue weighted by Crippen LogP contribution is -2.38. The van der Waals surface area contributed by atoms with Crippen LogP contribution < -0.4 is 4.90 Å². The number of hydrogen-bond acceptors (Lipinski definition) is 3. The Morgan fingerprint density at radius 2 is 1.75 bits per heavy atom. The molecular formula is C21H20Cl2N2O3. The molecule has 2 aliphatic heterocycles. The number of anilines is 1. The largest absolute Gasteiger partial charge is 0.344 e. The molecule has 2 amide bonds. The van der Waals surface area contributed by atoms with E-state index < -0.39 is 5.72 Å². The van der Waals surface area contributed by atoms with E-state index >= 15 is 0 Å². The van der Waals surface area contributed by atoms with Crippen molar-refractivity contribution in [1.82, 2.24) is 4.90 Å². The molecule has 0 unspecified atom stereocenters. The lowest BCUT2D eigenvalue weighted by atomic mass is 10.0. The zero-order chi connectivity index (χ0) is 19.9. The van der Waals surface area contributed by atoms with Gasteiger partial charge in [0, 0.05) is 41.1 Å². The molecular weight excluding hydrogens is 399 g/mol. The topological polar surface area (TPSA) is 49.9 Å².